The molecule has 136 valence electrons. The number of hydrogen-bond acceptors (Lipinski definition) is 7. The molecule has 2 aromatic rings. The van der Waals surface area contributed by atoms with Crippen LogP contribution in [0.5, 0.6) is 0 Å². The molecule has 7 nitrogen and oxygen atoms in total. The third kappa shape index (κ3) is 5.32. The van der Waals surface area contributed by atoms with Crippen LogP contribution in [0.3, 0.4) is 0 Å². The standard InChI is InChI=1S/C16H22N4O3S2/c1-16(2,3)17-14(21)13(12-6-5-9-24-12)20(7-8-23-4)15(22)11-10-25-19-18-11/h5-6,9-10,13H,7-8H2,1-4H3,(H,17,21)/t13-/m0/s1. The Hall–Kier alpha value is -1.84. The van der Waals surface area contributed by atoms with E-state index in [4.69, 9.17) is 4.74 Å². The monoisotopic (exact) mass is 382 g/mol. The van der Waals surface area contributed by atoms with Crippen molar-refractivity contribution in [3.8, 4) is 0 Å². The van der Waals surface area contributed by atoms with Gasteiger partial charge in [-0.3, -0.25) is 9.59 Å². The third-order valence-electron chi connectivity index (χ3n) is 3.25. The van der Waals surface area contributed by atoms with Gasteiger partial charge in [0.2, 0.25) is 5.91 Å². The molecule has 0 aliphatic heterocycles. The quantitative estimate of drug-likeness (QED) is 0.795. The number of thiophene rings is 1. The van der Waals surface area contributed by atoms with E-state index < -0.39 is 11.6 Å². The Kier molecular flexibility index (Phi) is 6.63. The summed E-state index contributed by atoms with van der Waals surface area (Å²) in [6, 6.07) is 2.97. The van der Waals surface area contributed by atoms with Crippen LogP contribution in [0, 0.1) is 0 Å². The Labute approximate surface area is 155 Å². The summed E-state index contributed by atoms with van der Waals surface area (Å²) in [6.45, 7) is 6.30. The van der Waals surface area contributed by atoms with Crippen LogP contribution < -0.4 is 5.32 Å². The van der Waals surface area contributed by atoms with Crippen molar-refractivity contribution < 1.29 is 14.3 Å². The molecular weight excluding hydrogens is 360 g/mol. The summed E-state index contributed by atoms with van der Waals surface area (Å²) < 4.78 is 8.88. The molecule has 1 N–H and O–H groups in total. The maximum atomic E-state index is 13.0. The Morgan fingerprint density at radius 3 is 2.68 bits per heavy atom. The van der Waals surface area contributed by atoms with Crippen molar-refractivity contribution >= 4 is 34.7 Å². The molecule has 0 unspecified atom stereocenters. The minimum atomic E-state index is -0.747. The number of carbonyl (C=O) groups is 2. The molecule has 2 heterocycles. The molecule has 0 aliphatic rings. The van der Waals surface area contributed by atoms with E-state index >= 15 is 0 Å². The van der Waals surface area contributed by atoms with Gasteiger partial charge in [-0.15, -0.1) is 16.4 Å². The van der Waals surface area contributed by atoms with Crippen LogP contribution in [-0.4, -0.2) is 52.1 Å². The van der Waals surface area contributed by atoms with Gasteiger partial charge in [0.25, 0.3) is 5.91 Å². The first-order chi connectivity index (χ1) is 11.8. The molecule has 0 bridgehead atoms. The number of rotatable bonds is 7. The van der Waals surface area contributed by atoms with Crippen molar-refractivity contribution in [3.05, 3.63) is 33.5 Å². The molecule has 0 aromatic carbocycles. The van der Waals surface area contributed by atoms with Crippen molar-refractivity contribution in [2.24, 2.45) is 0 Å². The highest BCUT2D eigenvalue weighted by atomic mass is 32.1. The fourth-order valence-electron chi connectivity index (χ4n) is 2.25. The van der Waals surface area contributed by atoms with Crippen molar-refractivity contribution in [2.45, 2.75) is 32.4 Å². The van der Waals surface area contributed by atoms with Gasteiger partial charge >= 0.3 is 0 Å². The van der Waals surface area contributed by atoms with Gasteiger partial charge < -0.3 is 15.0 Å². The van der Waals surface area contributed by atoms with Crippen LogP contribution in [-0.2, 0) is 9.53 Å². The molecular formula is C16H22N4O3S2. The van der Waals surface area contributed by atoms with Crippen LogP contribution in [0.1, 0.15) is 42.2 Å². The van der Waals surface area contributed by atoms with Crippen LogP contribution >= 0.6 is 22.9 Å². The second kappa shape index (κ2) is 8.50. The minimum Gasteiger partial charge on any atom is -0.383 e. The Balaban J connectivity index is 2.38. The summed E-state index contributed by atoms with van der Waals surface area (Å²) in [5.41, 5.74) is -0.184. The first-order valence-corrected chi connectivity index (χ1v) is 9.47. The van der Waals surface area contributed by atoms with Gasteiger partial charge in [-0.2, -0.15) is 0 Å². The Bertz CT molecular complexity index is 681. The smallest absolute Gasteiger partial charge is 0.276 e. The van der Waals surface area contributed by atoms with E-state index in [0.717, 1.165) is 16.4 Å². The second-order valence-corrected chi connectivity index (χ2v) is 8.03. The molecule has 2 amide bonds. The first kappa shape index (κ1) is 19.5. The molecule has 2 rings (SSSR count). The molecule has 9 heteroatoms. The lowest BCUT2D eigenvalue weighted by molar-refractivity contribution is -0.127. The Morgan fingerprint density at radius 2 is 2.16 bits per heavy atom. The van der Waals surface area contributed by atoms with Gasteiger partial charge in [-0.05, 0) is 43.8 Å². The van der Waals surface area contributed by atoms with Gasteiger partial charge in [0.05, 0.1) is 6.61 Å². The van der Waals surface area contributed by atoms with E-state index in [1.165, 1.54) is 16.2 Å². The summed E-state index contributed by atoms with van der Waals surface area (Å²) in [5.74, 6) is -0.573. The van der Waals surface area contributed by atoms with Gasteiger partial charge in [-0.25, -0.2) is 0 Å². The van der Waals surface area contributed by atoms with E-state index in [1.807, 2.05) is 38.3 Å². The van der Waals surface area contributed by atoms with Crippen LogP contribution in [0.4, 0.5) is 0 Å². The normalized spacial score (nSPS) is 12.6. The molecule has 2 aromatic heterocycles. The lowest BCUT2D eigenvalue weighted by Crippen LogP contribution is -2.49. The number of methoxy groups -OCH3 is 1. The van der Waals surface area contributed by atoms with Crippen LogP contribution in [0.2, 0.25) is 0 Å². The minimum absolute atomic E-state index is 0.228. The third-order valence-corrected chi connectivity index (χ3v) is 4.68. The van der Waals surface area contributed by atoms with Gasteiger partial charge in [0, 0.05) is 29.5 Å². The molecule has 0 spiro atoms. The maximum absolute atomic E-state index is 13.0. The molecule has 0 saturated heterocycles. The van der Waals surface area contributed by atoms with Crippen LogP contribution in [0.25, 0.3) is 0 Å². The average Bonchev–Trinajstić information content (AvgIpc) is 3.21. The summed E-state index contributed by atoms with van der Waals surface area (Å²) >= 11 is 2.53. The predicted octanol–water partition coefficient (Wildman–Crippen LogP) is 2.34. The Morgan fingerprint density at radius 1 is 1.40 bits per heavy atom. The fraction of sp³-hybridized carbons (Fsp3) is 0.500. The highest BCUT2D eigenvalue weighted by molar-refractivity contribution is 7.10. The highest BCUT2D eigenvalue weighted by Crippen LogP contribution is 2.27. The first-order valence-electron chi connectivity index (χ1n) is 7.76. The molecule has 1 atom stereocenters. The average molecular weight is 383 g/mol. The summed E-state index contributed by atoms with van der Waals surface area (Å²) in [7, 11) is 1.56. The number of ether oxygens (including phenoxy) is 1. The van der Waals surface area contributed by atoms with Crippen LogP contribution in [0.15, 0.2) is 22.9 Å². The van der Waals surface area contributed by atoms with E-state index in [1.54, 1.807) is 12.5 Å². The van der Waals surface area contributed by atoms with Gasteiger partial charge in [-0.1, -0.05) is 10.6 Å². The van der Waals surface area contributed by atoms with E-state index in [2.05, 4.69) is 14.9 Å². The molecule has 25 heavy (non-hydrogen) atoms. The molecule has 0 saturated carbocycles. The van der Waals surface area contributed by atoms with Gasteiger partial charge in [0.15, 0.2) is 5.69 Å². The molecule has 0 fully saturated rings. The zero-order chi connectivity index (χ0) is 18.4. The molecule has 0 radical (unpaired) electrons. The predicted molar refractivity (Wildman–Crippen MR) is 97.8 cm³/mol. The zero-order valence-corrected chi connectivity index (χ0v) is 16.3. The van der Waals surface area contributed by atoms with E-state index in [0.29, 0.717) is 6.61 Å². The topological polar surface area (TPSA) is 84.4 Å². The summed E-state index contributed by atoms with van der Waals surface area (Å²) in [5, 5.41) is 10.3. The largest absolute Gasteiger partial charge is 0.383 e. The number of nitrogens with one attached hydrogen (secondary N) is 1. The van der Waals surface area contributed by atoms with E-state index in [9.17, 15) is 9.59 Å². The summed E-state index contributed by atoms with van der Waals surface area (Å²) in [6.07, 6.45) is 0. The number of nitrogens with zero attached hydrogens (tertiary/aromatic N) is 3. The highest BCUT2D eigenvalue weighted by Gasteiger charge is 2.35. The van der Waals surface area contributed by atoms with Crippen molar-refractivity contribution in [1.82, 2.24) is 19.8 Å². The number of hydrogen-bond donors (Lipinski definition) is 1. The number of aromatic nitrogens is 2. The van der Waals surface area contributed by atoms with Crippen molar-refractivity contribution in [1.29, 1.82) is 0 Å². The maximum Gasteiger partial charge on any atom is 0.276 e. The van der Waals surface area contributed by atoms with Gasteiger partial charge in [0.1, 0.15) is 6.04 Å². The lowest BCUT2D eigenvalue weighted by Gasteiger charge is -2.32. The fourth-order valence-corrected chi connectivity index (χ4v) is 3.52. The van der Waals surface area contributed by atoms with Crippen molar-refractivity contribution in [3.63, 3.8) is 0 Å². The second-order valence-electron chi connectivity index (χ2n) is 6.44. The molecule has 0 aliphatic carbocycles. The van der Waals surface area contributed by atoms with E-state index in [-0.39, 0.29) is 24.1 Å². The SMILES string of the molecule is COCCN(C(=O)c1csnn1)[C@H](C(=O)NC(C)(C)C)c1cccs1. The summed E-state index contributed by atoms with van der Waals surface area (Å²) in [4.78, 5) is 28.2. The van der Waals surface area contributed by atoms with Crippen molar-refractivity contribution in [2.75, 3.05) is 20.3 Å². The zero-order valence-electron chi connectivity index (χ0n) is 14.7. The lowest BCUT2D eigenvalue weighted by atomic mass is 10.1. The number of amides is 2. The number of carbonyl (C=O) groups excluding carboxylic acids is 2.